The Morgan fingerprint density at radius 1 is 1.54 bits per heavy atom. The maximum absolute atomic E-state index is 13.1. The van der Waals surface area contributed by atoms with E-state index in [1.54, 1.807) is 12.1 Å². The van der Waals surface area contributed by atoms with Gasteiger partial charge >= 0.3 is 0 Å². The Labute approximate surface area is 78.3 Å². The Hall–Kier alpha value is -1.47. The molecule has 1 heterocycles. The predicted molar refractivity (Wildman–Crippen MR) is 48.9 cm³/mol. The molecule has 4 heteroatoms. The first-order chi connectivity index (χ1) is 6.31. The van der Waals surface area contributed by atoms with Crippen LogP contribution in [0, 0.1) is 17.1 Å². The fourth-order valence-corrected chi connectivity index (χ4v) is 2.00. The summed E-state index contributed by atoms with van der Waals surface area (Å²) in [5.74, 6) is -0.265. The Balaban J connectivity index is 2.63. The van der Waals surface area contributed by atoms with Crippen LogP contribution in [0.3, 0.4) is 0 Å². The standard InChI is InChI=1S/C9H5FN2S/c10-6-2-1-3-7-9(6)13-8(12-7)4-5-11/h1-3H,4H2. The molecule has 0 aliphatic rings. The van der Waals surface area contributed by atoms with Crippen LogP contribution in [0.15, 0.2) is 18.2 Å². The van der Waals surface area contributed by atoms with Gasteiger partial charge in [-0.25, -0.2) is 9.37 Å². The van der Waals surface area contributed by atoms with Gasteiger partial charge in [0, 0.05) is 0 Å². The summed E-state index contributed by atoms with van der Waals surface area (Å²) in [6.07, 6.45) is 0.249. The number of hydrogen-bond donors (Lipinski definition) is 0. The van der Waals surface area contributed by atoms with E-state index in [1.807, 2.05) is 6.07 Å². The van der Waals surface area contributed by atoms with Gasteiger partial charge in [0.1, 0.15) is 10.8 Å². The summed E-state index contributed by atoms with van der Waals surface area (Å²) in [6, 6.07) is 6.75. The van der Waals surface area contributed by atoms with Crippen molar-refractivity contribution in [1.29, 1.82) is 5.26 Å². The van der Waals surface area contributed by atoms with Crippen molar-refractivity contribution >= 4 is 21.6 Å². The molecule has 13 heavy (non-hydrogen) atoms. The number of thiazole rings is 1. The molecule has 2 nitrogen and oxygen atoms in total. The van der Waals surface area contributed by atoms with Gasteiger partial charge in [-0.1, -0.05) is 6.07 Å². The highest BCUT2D eigenvalue weighted by Crippen LogP contribution is 2.24. The minimum Gasteiger partial charge on any atom is -0.240 e. The lowest BCUT2D eigenvalue weighted by atomic mass is 10.3. The molecule has 1 aromatic heterocycles. The smallest absolute Gasteiger partial charge is 0.142 e. The van der Waals surface area contributed by atoms with E-state index in [-0.39, 0.29) is 12.2 Å². The Bertz CT molecular complexity index is 484. The van der Waals surface area contributed by atoms with Crippen LogP contribution in [0.5, 0.6) is 0 Å². The van der Waals surface area contributed by atoms with Gasteiger partial charge in [-0.2, -0.15) is 5.26 Å². The first kappa shape index (κ1) is 8.14. The summed E-state index contributed by atoms with van der Waals surface area (Å²) < 4.78 is 13.7. The van der Waals surface area contributed by atoms with Crippen molar-refractivity contribution in [3.05, 3.63) is 29.0 Å². The molecule has 64 valence electrons. The lowest BCUT2D eigenvalue weighted by Gasteiger charge is -1.86. The van der Waals surface area contributed by atoms with Gasteiger partial charge in [0.25, 0.3) is 0 Å². The highest BCUT2D eigenvalue weighted by Gasteiger charge is 2.06. The normalized spacial score (nSPS) is 10.2. The summed E-state index contributed by atoms with van der Waals surface area (Å²) in [4.78, 5) is 4.12. The van der Waals surface area contributed by atoms with Gasteiger partial charge in [0.05, 0.1) is 22.7 Å². The Morgan fingerprint density at radius 2 is 2.38 bits per heavy atom. The van der Waals surface area contributed by atoms with Crippen LogP contribution in [0.4, 0.5) is 4.39 Å². The molecule has 0 N–H and O–H groups in total. The molecule has 0 atom stereocenters. The van der Waals surface area contributed by atoms with E-state index < -0.39 is 0 Å². The van der Waals surface area contributed by atoms with Crippen molar-refractivity contribution in [2.75, 3.05) is 0 Å². The molecule has 0 amide bonds. The second kappa shape index (κ2) is 3.11. The Kier molecular flexibility index (Phi) is 1.95. The van der Waals surface area contributed by atoms with Crippen LogP contribution in [-0.4, -0.2) is 4.98 Å². The molecule has 0 fully saturated rings. The molecule has 0 spiro atoms. The average Bonchev–Trinajstić information content (AvgIpc) is 2.49. The van der Waals surface area contributed by atoms with E-state index >= 15 is 0 Å². The van der Waals surface area contributed by atoms with E-state index in [0.29, 0.717) is 15.2 Å². The zero-order chi connectivity index (χ0) is 9.26. The van der Waals surface area contributed by atoms with Crippen LogP contribution in [0.25, 0.3) is 10.2 Å². The van der Waals surface area contributed by atoms with Crippen molar-refractivity contribution in [1.82, 2.24) is 4.98 Å². The fraction of sp³-hybridized carbons (Fsp3) is 0.111. The van der Waals surface area contributed by atoms with E-state index in [2.05, 4.69) is 4.98 Å². The van der Waals surface area contributed by atoms with Crippen LogP contribution in [-0.2, 0) is 6.42 Å². The number of hydrogen-bond acceptors (Lipinski definition) is 3. The number of benzene rings is 1. The molecule has 2 rings (SSSR count). The van der Waals surface area contributed by atoms with Crippen LogP contribution in [0.2, 0.25) is 0 Å². The quantitative estimate of drug-likeness (QED) is 0.696. The Morgan fingerprint density at radius 3 is 3.08 bits per heavy atom. The minimum atomic E-state index is -0.265. The van der Waals surface area contributed by atoms with E-state index in [9.17, 15) is 4.39 Å². The van der Waals surface area contributed by atoms with E-state index in [1.165, 1.54) is 17.4 Å². The first-order valence-electron chi connectivity index (χ1n) is 3.72. The largest absolute Gasteiger partial charge is 0.240 e. The third-order valence-electron chi connectivity index (χ3n) is 1.64. The van der Waals surface area contributed by atoms with Crippen molar-refractivity contribution in [2.45, 2.75) is 6.42 Å². The van der Waals surface area contributed by atoms with Gasteiger partial charge in [0.2, 0.25) is 0 Å². The molecular weight excluding hydrogens is 187 g/mol. The van der Waals surface area contributed by atoms with Gasteiger partial charge in [0.15, 0.2) is 0 Å². The summed E-state index contributed by atoms with van der Waals surface area (Å²) in [5.41, 5.74) is 0.634. The molecule has 0 saturated heterocycles. The maximum atomic E-state index is 13.1. The van der Waals surface area contributed by atoms with Gasteiger partial charge in [-0.15, -0.1) is 11.3 Å². The zero-order valence-corrected chi connectivity index (χ0v) is 7.44. The first-order valence-corrected chi connectivity index (χ1v) is 4.54. The monoisotopic (exact) mass is 192 g/mol. The molecule has 0 radical (unpaired) electrons. The number of aromatic nitrogens is 1. The summed E-state index contributed by atoms with van der Waals surface area (Å²) in [5, 5.41) is 9.11. The van der Waals surface area contributed by atoms with E-state index in [4.69, 9.17) is 5.26 Å². The van der Waals surface area contributed by atoms with Crippen LogP contribution >= 0.6 is 11.3 Å². The molecule has 0 bridgehead atoms. The van der Waals surface area contributed by atoms with E-state index in [0.717, 1.165) is 0 Å². The van der Waals surface area contributed by atoms with Crippen LogP contribution in [0.1, 0.15) is 5.01 Å². The molecule has 0 unspecified atom stereocenters. The topological polar surface area (TPSA) is 36.7 Å². The second-order valence-electron chi connectivity index (χ2n) is 2.53. The van der Waals surface area contributed by atoms with Crippen LogP contribution < -0.4 is 0 Å². The lowest BCUT2D eigenvalue weighted by molar-refractivity contribution is 0.641. The van der Waals surface area contributed by atoms with Crippen molar-refractivity contribution in [3.63, 3.8) is 0 Å². The highest BCUT2D eigenvalue weighted by molar-refractivity contribution is 7.18. The summed E-state index contributed by atoms with van der Waals surface area (Å²) in [7, 11) is 0. The molecule has 1 aromatic carbocycles. The molecular formula is C9H5FN2S. The number of rotatable bonds is 1. The molecule has 0 aliphatic heterocycles. The van der Waals surface area contributed by atoms with Crippen molar-refractivity contribution in [2.24, 2.45) is 0 Å². The SMILES string of the molecule is N#CCc1nc2cccc(F)c2s1. The van der Waals surface area contributed by atoms with Crippen molar-refractivity contribution < 1.29 is 4.39 Å². The third-order valence-corrected chi connectivity index (χ3v) is 2.72. The highest BCUT2D eigenvalue weighted by atomic mass is 32.1. The number of halogens is 1. The number of nitrogens with zero attached hydrogens (tertiary/aromatic N) is 2. The van der Waals surface area contributed by atoms with Gasteiger partial charge in [-0.05, 0) is 12.1 Å². The maximum Gasteiger partial charge on any atom is 0.142 e. The zero-order valence-electron chi connectivity index (χ0n) is 6.62. The van der Waals surface area contributed by atoms with Gasteiger partial charge < -0.3 is 0 Å². The molecule has 0 saturated carbocycles. The summed E-state index contributed by atoms with van der Waals surface area (Å²) >= 11 is 1.24. The third kappa shape index (κ3) is 1.38. The number of nitriles is 1. The van der Waals surface area contributed by atoms with Crippen molar-refractivity contribution in [3.8, 4) is 6.07 Å². The van der Waals surface area contributed by atoms with Gasteiger partial charge in [-0.3, -0.25) is 0 Å². The molecule has 2 aromatic rings. The minimum absolute atomic E-state index is 0.249. The predicted octanol–water partition coefficient (Wildman–Crippen LogP) is 2.50. The number of fused-ring (bicyclic) bond motifs is 1. The second-order valence-corrected chi connectivity index (χ2v) is 3.61. The average molecular weight is 192 g/mol. The fourth-order valence-electron chi connectivity index (χ4n) is 1.10. The molecule has 0 aliphatic carbocycles. The lowest BCUT2D eigenvalue weighted by Crippen LogP contribution is -1.76. The summed E-state index contributed by atoms with van der Waals surface area (Å²) in [6.45, 7) is 0.